The highest BCUT2D eigenvalue weighted by Crippen LogP contribution is 2.30. The number of H-pyrrole nitrogens is 1. The fourth-order valence-corrected chi connectivity index (χ4v) is 7.06. The molecule has 0 spiro atoms. The number of aryl methyl sites for hydroxylation is 1. The van der Waals surface area contributed by atoms with Crippen molar-refractivity contribution in [3.8, 4) is 0 Å². The predicted octanol–water partition coefficient (Wildman–Crippen LogP) is 5.56. The first-order valence-corrected chi connectivity index (χ1v) is 17.1. The van der Waals surface area contributed by atoms with Gasteiger partial charge in [-0.2, -0.15) is 0 Å². The summed E-state index contributed by atoms with van der Waals surface area (Å²) in [5, 5.41) is 7.13. The normalized spacial score (nSPS) is 16.2. The van der Waals surface area contributed by atoms with Gasteiger partial charge in [-0.1, -0.05) is 31.2 Å². The summed E-state index contributed by atoms with van der Waals surface area (Å²) in [7, 11) is 3.94. The zero-order valence-electron chi connectivity index (χ0n) is 28.8. The quantitative estimate of drug-likeness (QED) is 0.217. The third-order valence-corrected chi connectivity index (χ3v) is 9.70. The van der Waals surface area contributed by atoms with E-state index in [0.29, 0.717) is 57.1 Å². The van der Waals surface area contributed by atoms with Gasteiger partial charge in [-0.15, -0.1) is 0 Å². The molecule has 3 heterocycles. The average Bonchev–Trinajstić information content (AvgIpc) is 3.78. The van der Waals surface area contributed by atoms with Crippen LogP contribution >= 0.6 is 0 Å². The molecule has 3 aromatic carbocycles. The molecular weight excluding hydrogens is 621 g/mol. The molecule has 6 rings (SSSR count). The van der Waals surface area contributed by atoms with Gasteiger partial charge in [0.05, 0.1) is 11.3 Å². The molecule has 11 heteroatoms. The summed E-state index contributed by atoms with van der Waals surface area (Å²) in [4.78, 5) is 52.9. The number of urea groups is 1. The summed E-state index contributed by atoms with van der Waals surface area (Å²) in [5.41, 5.74) is 5.48. The van der Waals surface area contributed by atoms with Crippen LogP contribution in [0.3, 0.4) is 0 Å². The third-order valence-electron chi connectivity index (χ3n) is 9.70. The number of benzene rings is 3. The molecule has 0 radical (unpaired) electrons. The number of aromatic amines is 1. The van der Waals surface area contributed by atoms with Crippen LogP contribution in [0.15, 0.2) is 66.9 Å². The maximum Gasteiger partial charge on any atom is 0.318 e. The van der Waals surface area contributed by atoms with E-state index < -0.39 is 17.9 Å². The summed E-state index contributed by atoms with van der Waals surface area (Å²) >= 11 is 0. The number of fused-ring (bicyclic) bond motifs is 1. The molecule has 0 bridgehead atoms. The number of carbonyl (C=O) groups excluding carboxylic acids is 3. The van der Waals surface area contributed by atoms with Gasteiger partial charge in [0.2, 0.25) is 5.91 Å². The number of nitrogens with one attached hydrogen (secondary N) is 3. The molecule has 0 unspecified atom stereocenters. The maximum atomic E-state index is 14.4. The molecule has 258 valence electrons. The molecule has 0 aliphatic carbocycles. The van der Waals surface area contributed by atoms with Gasteiger partial charge in [0.15, 0.2) is 0 Å². The lowest BCUT2D eigenvalue weighted by Crippen LogP contribution is -2.56. The molecule has 49 heavy (non-hydrogen) atoms. The predicted molar refractivity (Wildman–Crippen MR) is 192 cm³/mol. The van der Waals surface area contributed by atoms with E-state index in [-0.39, 0.29) is 17.8 Å². The first-order valence-electron chi connectivity index (χ1n) is 17.1. The van der Waals surface area contributed by atoms with Gasteiger partial charge in [-0.25, -0.2) is 9.18 Å². The molecule has 1 aromatic heterocycles. The Morgan fingerprint density at radius 2 is 1.65 bits per heavy atom. The number of aromatic nitrogens is 1. The van der Waals surface area contributed by atoms with Crippen molar-refractivity contribution < 1.29 is 18.8 Å². The maximum absolute atomic E-state index is 14.4. The van der Waals surface area contributed by atoms with Crippen molar-refractivity contribution in [2.45, 2.75) is 45.2 Å². The molecule has 10 nitrogen and oxygen atoms in total. The van der Waals surface area contributed by atoms with Crippen LogP contribution < -0.4 is 15.5 Å². The number of piperazine rings is 1. The molecule has 4 amide bonds. The molecule has 3 N–H and O–H groups in total. The SMILES string of the molecule is Cc1cc(F)ccc1N1CCN(C(=O)N[C@@H](C(=O)Nc2cc(CN(C)C)ccc2C(=O)N2CCCC2)[C@@H](C)c2c[nH]c3ccccc23)CC1. The summed E-state index contributed by atoms with van der Waals surface area (Å²) < 4.78 is 13.7. The van der Waals surface area contributed by atoms with E-state index in [0.717, 1.165) is 46.1 Å². The Balaban J connectivity index is 1.26. The number of hydrogen-bond donors (Lipinski definition) is 3. The van der Waals surface area contributed by atoms with Crippen LogP contribution in [0.4, 0.5) is 20.6 Å². The number of hydrogen-bond acceptors (Lipinski definition) is 5. The lowest BCUT2D eigenvalue weighted by atomic mass is 9.92. The Hall–Kier alpha value is -4.90. The standard InChI is InChI=1S/C38H46FN7O3/c1-25-21-28(39)12-14-34(25)44-17-19-46(20-18-44)38(49)42-35(26(2)31-23-40-32-10-6-5-9-29(31)32)36(47)41-33-22-27(24-43(3)4)11-13-30(33)37(48)45-15-7-8-16-45/h5-6,9-14,21-23,26,35,40H,7-8,15-20,24H2,1-4H3,(H,41,47)(H,42,49)/t26-,35+/m0/s1. The van der Waals surface area contributed by atoms with Gasteiger partial charge in [0, 0.05) is 74.5 Å². The average molecular weight is 668 g/mol. The molecule has 2 fully saturated rings. The number of nitrogens with zero attached hydrogens (tertiary/aromatic N) is 4. The van der Waals surface area contributed by atoms with Crippen LogP contribution in [0.2, 0.25) is 0 Å². The van der Waals surface area contributed by atoms with E-state index in [1.165, 1.54) is 12.1 Å². The zero-order chi connectivity index (χ0) is 34.7. The molecule has 2 aliphatic heterocycles. The fraction of sp³-hybridized carbons (Fsp3) is 0.395. The van der Waals surface area contributed by atoms with Crippen molar-refractivity contribution >= 4 is 40.1 Å². The number of anilines is 2. The number of carbonyl (C=O) groups is 3. The first kappa shape index (κ1) is 34.0. The minimum Gasteiger partial charge on any atom is -0.368 e. The highest BCUT2D eigenvalue weighted by molar-refractivity contribution is 6.06. The second-order valence-corrected chi connectivity index (χ2v) is 13.5. The van der Waals surface area contributed by atoms with Crippen molar-refractivity contribution in [3.63, 3.8) is 0 Å². The number of amides is 4. The molecule has 4 aromatic rings. The Labute approximate surface area is 287 Å². The van der Waals surface area contributed by atoms with E-state index in [9.17, 15) is 18.8 Å². The van der Waals surface area contributed by atoms with Crippen LogP contribution in [0, 0.1) is 12.7 Å². The number of para-hydroxylation sites is 1. The Kier molecular flexibility index (Phi) is 10.2. The summed E-state index contributed by atoms with van der Waals surface area (Å²) in [6.45, 7) is 7.88. The van der Waals surface area contributed by atoms with Crippen molar-refractivity contribution in [1.82, 2.24) is 25.0 Å². The Morgan fingerprint density at radius 3 is 2.37 bits per heavy atom. The van der Waals surface area contributed by atoms with Gasteiger partial charge in [-0.05, 0) is 86.9 Å². The van der Waals surface area contributed by atoms with Crippen LogP contribution in [-0.2, 0) is 11.3 Å². The van der Waals surface area contributed by atoms with Crippen LogP contribution in [-0.4, -0.2) is 96.9 Å². The monoisotopic (exact) mass is 667 g/mol. The Morgan fingerprint density at radius 1 is 0.918 bits per heavy atom. The molecule has 2 saturated heterocycles. The van der Waals surface area contributed by atoms with Crippen molar-refractivity contribution in [2.24, 2.45) is 0 Å². The van der Waals surface area contributed by atoms with Gasteiger partial charge < -0.3 is 35.2 Å². The summed E-state index contributed by atoms with van der Waals surface area (Å²) in [6.07, 6.45) is 3.81. The van der Waals surface area contributed by atoms with E-state index in [1.54, 1.807) is 17.0 Å². The first-order chi connectivity index (χ1) is 23.6. The lowest BCUT2D eigenvalue weighted by molar-refractivity contribution is -0.118. The highest BCUT2D eigenvalue weighted by atomic mass is 19.1. The van der Waals surface area contributed by atoms with Crippen molar-refractivity contribution in [3.05, 3.63) is 94.9 Å². The van der Waals surface area contributed by atoms with Gasteiger partial charge in [-0.3, -0.25) is 9.59 Å². The van der Waals surface area contributed by atoms with Crippen molar-refractivity contribution in [2.75, 3.05) is 63.6 Å². The largest absolute Gasteiger partial charge is 0.368 e. The molecular formula is C38H46FN7O3. The fourth-order valence-electron chi connectivity index (χ4n) is 7.06. The van der Waals surface area contributed by atoms with E-state index in [1.807, 2.05) is 80.3 Å². The highest BCUT2D eigenvalue weighted by Gasteiger charge is 2.33. The summed E-state index contributed by atoms with van der Waals surface area (Å²) in [5.74, 6) is -1.19. The van der Waals surface area contributed by atoms with E-state index in [2.05, 4.69) is 20.5 Å². The van der Waals surface area contributed by atoms with E-state index in [4.69, 9.17) is 0 Å². The van der Waals surface area contributed by atoms with Crippen LogP contribution in [0.1, 0.15) is 52.7 Å². The second kappa shape index (κ2) is 14.7. The smallest absolute Gasteiger partial charge is 0.318 e. The molecule has 2 atom stereocenters. The Bertz CT molecular complexity index is 1830. The van der Waals surface area contributed by atoms with Crippen LogP contribution in [0.25, 0.3) is 10.9 Å². The minimum atomic E-state index is -0.948. The topological polar surface area (TPSA) is 104 Å². The van der Waals surface area contributed by atoms with Gasteiger partial charge in [0.1, 0.15) is 11.9 Å². The van der Waals surface area contributed by atoms with Gasteiger partial charge in [0.25, 0.3) is 5.91 Å². The van der Waals surface area contributed by atoms with Crippen molar-refractivity contribution in [1.29, 1.82) is 0 Å². The third kappa shape index (κ3) is 7.57. The van der Waals surface area contributed by atoms with Gasteiger partial charge >= 0.3 is 6.03 Å². The lowest BCUT2D eigenvalue weighted by Gasteiger charge is -2.37. The van der Waals surface area contributed by atoms with E-state index >= 15 is 0 Å². The van der Waals surface area contributed by atoms with Crippen LogP contribution in [0.5, 0.6) is 0 Å². The summed E-state index contributed by atoms with van der Waals surface area (Å²) in [6, 6.07) is 17.0. The molecule has 0 saturated carbocycles. The number of rotatable bonds is 9. The molecule has 2 aliphatic rings. The second-order valence-electron chi connectivity index (χ2n) is 13.5. The number of likely N-dealkylation sites (tertiary alicyclic amines) is 1. The minimum absolute atomic E-state index is 0.108. The number of halogens is 1. The zero-order valence-corrected chi connectivity index (χ0v) is 28.8.